The highest BCUT2D eigenvalue weighted by atomic mass is 15.0. The maximum Gasteiger partial charge on any atom is 0.0558 e. The molecular formula is C16H13N. The van der Waals surface area contributed by atoms with Gasteiger partial charge in [-0.05, 0) is 22.8 Å². The molecule has 0 spiro atoms. The molecule has 1 N–H and O–H groups in total. The summed E-state index contributed by atoms with van der Waals surface area (Å²) in [5, 5.41) is 3.59. The van der Waals surface area contributed by atoms with Crippen LogP contribution >= 0.6 is 0 Å². The van der Waals surface area contributed by atoms with Crippen molar-refractivity contribution in [2.24, 2.45) is 0 Å². The van der Waals surface area contributed by atoms with Crippen molar-refractivity contribution in [3.63, 3.8) is 0 Å². The summed E-state index contributed by atoms with van der Waals surface area (Å²) in [6.07, 6.45) is 4.52. The average Bonchev–Trinajstić information content (AvgIpc) is 2.77. The number of rotatable bonds is 0. The molecule has 2 aromatic carbocycles. The van der Waals surface area contributed by atoms with E-state index in [9.17, 15) is 0 Å². The van der Waals surface area contributed by atoms with Gasteiger partial charge in [0.2, 0.25) is 0 Å². The van der Waals surface area contributed by atoms with Crippen LogP contribution in [0.4, 0.5) is 5.69 Å². The van der Waals surface area contributed by atoms with E-state index in [-0.39, 0.29) is 0 Å². The van der Waals surface area contributed by atoms with Crippen molar-refractivity contribution in [1.82, 2.24) is 0 Å². The fourth-order valence-electron chi connectivity index (χ4n) is 3.03. The monoisotopic (exact) mass is 219 g/mol. The van der Waals surface area contributed by atoms with E-state index in [0.717, 1.165) is 0 Å². The van der Waals surface area contributed by atoms with Crippen molar-refractivity contribution in [3.8, 4) is 0 Å². The number of benzene rings is 2. The molecule has 0 aromatic heterocycles. The maximum atomic E-state index is 3.59. The zero-order chi connectivity index (χ0) is 11.2. The molecule has 1 aliphatic carbocycles. The lowest BCUT2D eigenvalue weighted by Crippen LogP contribution is -2.21. The average molecular weight is 219 g/mol. The van der Waals surface area contributed by atoms with E-state index >= 15 is 0 Å². The van der Waals surface area contributed by atoms with Gasteiger partial charge >= 0.3 is 0 Å². The van der Waals surface area contributed by atoms with Gasteiger partial charge in [-0.3, -0.25) is 0 Å². The Labute approximate surface area is 101 Å². The molecule has 2 aliphatic rings. The Hall–Kier alpha value is -2.02. The Kier molecular flexibility index (Phi) is 1.72. The zero-order valence-corrected chi connectivity index (χ0v) is 9.43. The molecule has 0 saturated heterocycles. The smallest absolute Gasteiger partial charge is 0.0558 e. The fourth-order valence-corrected chi connectivity index (χ4v) is 3.03. The lowest BCUT2D eigenvalue weighted by atomic mass is 9.81. The van der Waals surface area contributed by atoms with E-state index in [2.05, 4.69) is 66.0 Å². The van der Waals surface area contributed by atoms with E-state index in [4.69, 9.17) is 0 Å². The summed E-state index contributed by atoms with van der Waals surface area (Å²) in [6.45, 7) is 0. The van der Waals surface area contributed by atoms with E-state index < -0.39 is 0 Å². The number of para-hydroxylation sites is 1. The summed E-state index contributed by atoms with van der Waals surface area (Å²) in [7, 11) is 0. The second-order valence-corrected chi connectivity index (χ2v) is 4.72. The van der Waals surface area contributed by atoms with Crippen LogP contribution in [0.3, 0.4) is 0 Å². The maximum absolute atomic E-state index is 3.59. The molecule has 82 valence electrons. The van der Waals surface area contributed by atoms with Gasteiger partial charge in [-0.1, -0.05) is 54.6 Å². The van der Waals surface area contributed by atoms with Crippen LogP contribution in [-0.4, -0.2) is 6.04 Å². The van der Waals surface area contributed by atoms with Crippen LogP contribution in [0, 0.1) is 0 Å². The Morgan fingerprint density at radius 3 is 2.53 bits per heavy atom. The summed E-state index contributed by atoms with van der Waals surface area (Å²) in [4.78, 5) is 0. The van der Waals surface area contributed by atoms with Crippen LogP contribution in [0.25, 0.3) is 6.08 Å². The normalized spacial score (nSPS) is 23.5. The molecule has 1 heterocycles. The van der Waals surface area contributed by atoms with Crippen molar-refractivity contribution in [1.29, 1.82) is 0 Å². The Balaban J connectivity index is 1.96. The summed E-state index contributed by atoms with van der Waals surface area (Å²) in [5.74, 6) is 0.479. The van der Waals surface area contributed by atoms with Crippen molar-refractivity contribution in [2.45, 2.75) is 12.0 Å². The van der Waals surface area contributed by atoms with Crippen LogP contribution in [0.2, 0.25) is 0 Å². The van der Waals surface area contributed by atoms with Crippen molar-refractivity contribution >= 4 is 11.8 Å². The lowest BCUT2D eigenvalue weighted by Gasteiger charge is -2.23. The molecule has 1 heteroatoms. The van der Waals surface area contributed by atoms with Crippen LogP contribution in [0.5, 0.6) is 0 Å². The van der Waals surface area contributed by atoms with Gasteiger partial charge in [-0.25, -0.2) is 0 Å². The van der Waals surface area contributed by atoms with Crippen LogP contribution in [0.1, 0.15) is 22.6 Å². The van der Waals surface area contributed by atoms with Gasteiger partial charge in [-0.15, -0.1) is 0 Å². The molecule has 2 unspecified atom stereocenters. The van der Waals surface area contributed by atoms with Gasteiger partial charge in [0, 0.05) is 11.6 Å². The van der Waals surface area contributed by atoms with E-state index in [1.54, 1.807) is 0 Å². The molecule has 17 heavy (non-hydrogen) atoms. The summed E-state index contributed by atoms with van der Waals surface area (Å²) >= 11 is 0. The topological polar surface area (TPSA) is 12.0 Å². The third-order valence-electron chi connectivity index (χ3n) is 3.79. The number of anilines is 1. The lowest BCUT2D eigenvalue weighted by molar-refractivity contribution is 0.778. The van der Waals surface area contributed by atoms with Gasteiger partial charge in [0.25, 0.3) is 0 Å². The SMILES string of the molecule is C1=CC2Nc3ccccc3C2c2ccccc21. The summed E-state index contributed by atoms with van der Waals surface area (Å²) in [6, 6.07) is 17.7. The van der Waals surface area contributed by atoms with E-state index in [1.807, 2.05) is 0 Å². The third kappa shape index (κ3) is 1.19. The molecule has 1 aliphatic heterocycles. The van der Waals surface area contributed by atoms with Crippen LogP contribution in [-0.2, 0) is 0 Å². The molecular weight excluding hydrogens is 206 g/mol. The minimum atomic E-state index is 0.419. The molecule has 0 fully saturated rings. The molecule has 2 atom stereocenters. The molecule has 2 aromatic rings. The van der Waals surface area contributed by atoms with Crippen LogP contribution < -0.4 is 5.32 Å². The van der Waals surface area contributed by atoms with Gasteiger partial charge in [0.05, 0.1) is 6.04 Å². The molecule has 0 bridgehead atoms. The Morgan fingerprint density at radius 2 is 1.59 bits per heavy atom. The quantitative estimate of drug-likeness (QED) is 0.713. The number of fused-ring (bicyclic) bond motifs is 5. The Morgan fingerprint density at radius 1 is 0.824 bits per heavy atom. The van der Waals surface area contributed by atoms with Gasteiger partial charge < -0.3 is 5.32 Å². The summed E-state index contributed by atoms with van der Waals surface area (Å²) in [5.41, 5.74) is 5.50. The first-order valence-electron chi connectivity index (χ1n) is 6.06. The molecule has 0 amide bonds. The second kappa shape index (κ2) is 3.24. The second-order valence-electron chi connectivity index (χ2n) is 4.72. The van der Waals surface area contributed by atoms with Crippen molar-refractivity contribution in [3.05, 3.63) is 71.3 Å². The third-order valence-corrected chi connectivity index (χ3v) is 3.79. The predicted molar refractivity (Wildman–Crippen MR) is 71.2 cm³/mol. The Bertz CT molecular complexity index is 612. The van der Waals surface area contributed by atoms with Gasteiger partial charge in [0.1, 0.15) is 0 Å². The van der Waals surface area contributed by atoms with E-state index in [1.165, 1.54) is 22.4 Å². The first kappa shape index (κ1) is 9.06. The van der Waals surface area contributed by atoms with Crippen molar-refractivity contribution < 1.29 is 0 Å². The molecule has 0 saturated carbocycles. The first-order valence-corrected chi connectivity index (χ1v) is 6.06. The van der Waals surface area contributed by atoms with Gasteiger partial charge in [-0.2, -0.15) is 0 Å². The number of hydrogen-bond acceptors (Lipinski definition) is 1. The minimum absolute atomic E-state index is 0.419. The predicted octanol–water partition coefficient (Wildman–Crippen LogP) is 3.64. The number of nitrogens with one attached hydrogen (secondary N) is 1. The standard InChI is InChI=1S/C16H13N/c1-2-6-12-11(5-1)9-10-15-16(12)13-7-3-4-8-14(13)17-15/h1-10,15-17H. The summed E-state index contributed by atoms with van der Waals surface area (Å²) < 4.78 is 0. The van der Waals surface area contributed by atoms with E-state index in [0.29, 0.717) is 12.0 Å². The highest BCUT2D eigenvalue weighted by Gasteiger charge is 2.34. The molecule has 1 nitrogen and oxygen atoms in total. The minimum Gasteiger partial charge on any atom is -0.378 e. The number of hydrogen-bond donors (Lipinski definition) is 1. The van der Waals surface area contributed by atoms with Gasteiger partial charge in [0.15, 0.2) is 0 Å². The van der Waals surface area contributed by atoms with Crippen molar-refractivity contribution in [2.75, 3.05) is 5.32 Å². The molecule has 4 rings (SSSR count). The first-order chi connectivity index (χ1) is 8.43. The molecule has 0 radical (unpaired) electrons. The van der Waals surface area contributed by atoms with Crippen LogP contribution in [0.15, 0.2) is 54.6 Å². The highest BCUT2D eigenvalue weighted by Crippen LogP contribution is 2.44. The fraction of sp³-hybridized carbons (Fsp3) is 0.125. The zero-order valence-electron chi connectivity index (χ0n) is 9.43. The highest BCUT2D eigenvalue weighted by molar-refractivity contribution is 5.71. The largest absolute Gasteiger partial charge is 0.378 e.